The van der Waals surface area contributed by atoms with Crippen LogP contribution in [0.25, 0.3) is 0 Å². The molecule has 12 bridgehead atoms. The van der Waals surface area contributed by atoms with Crippen molar-refractivity contribution in [3.63, 3.8) is 0 Å². The molecule has 13 rings (SSSR count). The van der Waals surface area contributed by atoms with Crippen molar-refractivity contribution in [1.29, 1.82) is 0 Å². The van der Waals surface area contributed by atoms with E-state index >= 15 is 0 Å². The maximum absolute atomic E-state index is 14.6. The highest BCUT2D eigenvalue weighted by molar-refractivity contribution is 6.13. The zero-order valence-electron chi connectivity index (χ0n) is 73.1. The number of nitrogens with zero attached hydrogens (tertiary/aromatic N) is 1. The second-order valence-corrected chi connectivity index (χ2v) is 35.8. The second kappa shape index (κ2) is 44.4. The minimum Gasteiger partial charge on any atom is -0.461 e. The number of esters is 1. The van der Waals surface area contributed by atoms with E-state index in [0.29, 0.717) is 54.4 Å². The Morgan fingerprint density at radius 1 is 0.559 bits per heavy atom. The first kappa shape index (κ1) is 96.8. The molecular weight excluding hydrogens is 1650 g/mol. The monoisotopic (exact) mass is 1770 g/mol. The van der Waals surface area contributed by atoms with Gasteiger partial charge in [0.05, 0.1) is 137 Å². The van der Waals surface area contributed by atoms with Gasteiger partial charge in [-0.25, -0.2) is 4.79 Å². The Bertz CT molecular complexity index is 4370. The van der Waals surface area contributed by atoms with Crippen LogP contribution in [0.4, 0.5) is 4.79 Å². The van der Waals surface area contributed by atoms with Gasteiger partial charge in [-0.2, -0.15) is 0 Å². The van der Waals surface area contributed by atoms with E-state index in [2.05, 4.69) is 41.3 Å². The molecule has 1 spiro atoms. The Morgan fingerprint density at radius 3 is 1.74 bits per heavy atom. The number of carbonyl (C=O) groups excluding carboxylic acids is 14. The summed E-state index contributed by atoms with van der Waals surface area (Å²) in [4.78, 5) is 182. The van der Waals surface area contributed by atoms with Crippen LogP contribution in [0.1, 0.15) is 185 Å². The fraction of sp³-hybridized carbons (Fsp3) is 0.652. The number of fused-ring (bicyclic) bond motifs is 6. The Balaban J connectivity index is 0.543. The lowest BCUT2D eigenvalue weighted by Gasteiger charge is -2.47. The molecule has 8 amide bonds. The number of nitrogens with two attached hydrogens (primary N) is 2. The van der Waals surface area contributed by atoms with E-state index in [9.17, 15) is 72.2 Å². The van der Waals surface area contributed by atoms with Crippen LogP contribution in [0, 0.1) is 23.7 Å². The number of nitrogens with one attached hydrogen (secondary N) is 4. The Morgan fingerprint density at radius 2 is 1.12 bits per heavy atom. The summed E-state index contributed by atoms with van der Waals surface area (Å²) in [5.41, 5.74) is 15.0. The predicted molar refractivity (Wildman–Crippen MR) is 448 cm³/mol. The molecule has 3 unspecified atom stereocenters. The van der Waals surface area contributed by atoms with E-state index in [1.165, 1.54) is 39.8 Å². The summed E-state index contributed by atoms with van der Waals surface area (Å²) in [7, 11) is 1.58. The van der Waals surface area contributed by atoms with Gasteiger partial charge in [-0.05, 0) is 105 Å². The van der Waals surface area contributed by atoms with Crippen LogP contribution in [0.15, 0.2) is 85.0 Å². The molecule has 694 valence electrons. The van der Waals surface area contributed by atoms with Gasteiger partial charge in [0.25, 0.3) is 11.8 Å². The molecule has 9 N–H and O–H groups in total. The fourth-order valence-corrected chi connectivity index (χ4v) is 18.8. The topological polar surface area (TPSA) is 483 Å². The number of primary amides is 2. The van der Waals surface area contributed by atoms with E-state index in [1.807, 2.05) is 0 Å². The van der Waals surface area contributed by atoms with Crippen LogP contribution in [-0.2, 0) is 150 Å². The number of benzene rings is 2. The van der Waals surface area contributed by atoms with Crippen molar-refractivity contribution in [2.75, 3.05) is 40.1 Å². The van der Waals surface area contributed by atoms with Crippen molar-refractivity contribution in [3.8, 4) is 0 Å². The predicted octanol–water partition coefficient (Wildman–Crippen LogP) is 4.30. The van der Waals surface area contributed by atoms with E-state index in [0.717, 1.165) is 48.2 Å². The van der Waals surface area contributed by atoms with E-state index in [4.69, 9.17) is 73.0 Å². The first-order valence-electron chi connectivity index (χ1n) is 44.5. The van der Waals surface area contributed by atoms with Crippen LogP contribution < -0.4 is 32.7 Å². The van der Waals surface area contributed by atoms with E-state index in [1.54, 1.807) is 55.6 Å². The van der Waals surface area contributed by atoms with E-state index < -0.39 is 180 Å². The van der Waals surface area contributed by atoms with Gasteiger partial charge in [0.15, 0.2) is 28.9 Å². The lowest BCUT2D eigenvalue weighted by atomic mass is 9.81. The summed E-state index contributed by atoms with van der Waals surface area (Å²) >= 11 is 0. The number of methoxy groups -OCH3 is 1. The fourth-order valence-electron chi connectivity index (χ4n) is 18.8. The highest BCUT2D eigenvalue weighted by atomic mass is 16.8. The molecule has 10 saturated heterocycles. The molecule has 35 heteroatoms. The number of Topliss-reactive ketones (excluding diaryl/α,β-unsaturated/α-hetero) is 5. The Labute approximate surface area is 738 Å². The van der Waals surface area contributed by atoms with Crippen LogP contribution in [0.3, 0.4) is 0 Å². The Hall–Kier alpha value is -9.24. The molecule has 0 radical (unpaired) electrons. The molecule has 2 aromatic carbocycles. The number of ketones is 5. The van der Waals surface area contributed by atoms with Gasteiger partial charge in [0, 0.05) is 114 Å². The first-order chi connectivity index (χ1) is 60.6. The van der Waals surface area contributed by atoms with Gasteiger partial charge in [-0.1, -0.05) is 82.5 Å². The molecule has 127 heavy (non-hydrogen) atoms. The number of hydrogen-bond acceptors (Lipinski definition) is 28. The van der Waals surface area contributed by atoms with Crippen molar-refractivity contribution >= 4 is 82.3 Å². The van der Waals surface area contributed by atoms with Crippen molar-refractivity contribution < 1.29 is 134 Å². The van der Waals surface area contributed by atoms with Crippen molar-refractivity contribution in [1.82, 2.24) is 26.2 Å². The van der Waals surface area contributed by atoms with Crippen molar-refractivity contribution in [3.05, 3.63) is 107 Å². The largest absolute Gasteiger partial charge is 0.461 e. The summed E-state index contributed by atoms with van der Waals surface area (Å²) < 4.78 is 82.6. The van der Waals surface area contributed by atoms with Gasteiger partial charge < -0.3 is 99.4 Å². The third kappa shape index (κ3) is 26.1. The standard InChI is InChI=1S/C92H123N7O28/c1-48-33-61-18-20-71-49(2)34-63(120-71)25-27-92-45-76-85(126-92)86-87(125-76)88(127-92)84-72(124-86)21-19-62(122-84)39-60(101)40-64-74(44-73(121-61)52(48)5)123-75(83(64)115-8)41-59(100)17-24-82(111)118-46-57-13-9-55(10-14-57)37-69(104)66(43-78(94)107)98-90(113)51(4)36-68(103)54(7)96-91(114)119-47-58-15-11-56(12-16-58)38-70(105)65(42-77(93)106)97-89(112)50(3)35-67(102)53(6)95-79(108)26-29-116-31-32-117-30-28-99-80(109)22-23-81(99)110/h9-16,22-23,48,50-51,53-54,59,61-66,71-76,83-88,100H,2,5,17-21,24-47H2,1,3-4,6-8H3,(H2,93,106)(H2,94,107)(H,95,108)(H,96,114)(H,97,112)(H,98,113)/t48-,50-,51-,53+,54+,59-,61?,62-,63+,64?,65+,66+,71+,72+,73-,74+,75-,76?,83-,84+,85+,86+,87-,88+,92+/m1/s1. The number of imide groups is 1. The lowest BCUT2D eigenvalue weighted by molar-refractivity contribution is -0.292. The van der Waals surface area contributed by atoms with Gasteiger partial charge in [-0.3, -0.25) is 67.2 Å². The van der Waals surface area contributed by atoms with Crippen LogP contribution in [-0.4, -0.2) is 260 Å². The molecule has 0 saturated carbocycles. The third-order valence-corrected chi connectivity index (χ3v) is 26.0. The molecule has 2 aromatic rings. The molecule has 35 nitrogen and oxygen atoms in total. The normalized spacial score (nSPS) is 30.0. The minimum atomic E-state index is -1.36. The van der Waals surface area contributed by atoms with Gasteiger partial charge in [-0.15, -0.1) is 0 Å². The number of carbonyl (C=O) groups is 14. The quantitative estimate of drug-likeness (QED) is 0.0211. The SMILES string of the molecule is C=C1C[C@@H]2CC[C@@]34CC5O[C@H]6[C@@H](O3)[C@H]3O[C@H](CC[C@@H]3O[C@H]6[C@H]5O4)CC(=O)CC3[C@H](C[C@H]4OC(CC[C@@H]1O2)C[C@@H](C)C4=C)O[C@H](C[C@H](O)CCC(=O)OCc1ccc(CC(=O)[C@H](CC(N)=O)NC(=O)[C@H](C)CC(=O)[C@H](C)NC(=O)OCc2ccc(CC(=O)[C@H](CC(N)=O)NC(=O)[C@H](C)CC(=O)[C@H](C)NC(=O)CCOCCOCCN4C(=O)C=CC4=O)cc2)cc1)[C@@H]3OC. The van der Waals surface area contributed by atoms with Gasteiger partial charge in [0.2, 0.25) is 29.5 Å². The summed E-state index contributed by atoms with van der Waals surface area (Å²) in [5.74, 6) is -10.5. The molecule has 11 aliphatic heterocycles. The number of amides is 8. The smallest absolute Gasteiger partial charge is 0.408 e. The number of rotatable bonds is 41. The molecule has 25 atom stereocenters. The lowest BCUT2D eigenvalue weighted by Crippen LogP contribution is -2.61. The molecule has 10 fully saturated rings. The number of ether oxygens (including phenoxy) is 13. The highest BCUT2D eigenvalue weighted by Gasteiger charge is 2.69. The maximum Gasteiger partial charge on any atom is 0.408 e. The highest BCUT2D eigenvalue weighted by Crippen LogP contribution is 2.55. The van der Waals surface area contributed by atoms with Crippen LogP contribution in [0.2, 0.25) is 0 Å². The molecule has 0 aliphatic carbocycles. The Kier molecular flexibility index (Phi) is 33.8. The number of alkyl carbamates (subject to hydrolysis) is 1. The summed E-state index contributed by atoms with van der Waals surface area (Å²) in [6, 6.07) is 7.97. The summed E-state index contributed by atoms with van der Waals surface area (Å²) in [6.07, 6.45) is -0.0574. The third-order valence-electron chi connectivity index (χ3n) is 26.0. The minimum absolute atomic E-state index is 0.00849. The second-order valence-electron chi connectivity index (χ2n) is 35.8. The molecule has 0 aromatic heterocycles. The zero-order chi connectivity index (χ0) is 91.1. The first-order valence-corrected chi connectivity index (χ1v) is 44.5. The van der Waals surface area contributed by atoms with E-state index in [-0.39, 0.29) is 177 Å². The summed E-state index contributed by atoms with van der Waals surface area (Å²) in [5, 5.41) is 21.7. The van der Waals surface area contributed by atoms with Gasteiger partial charge >= 0.3 is 12.1 Å². The molecular formula is C92H123N7O28. The average Bonchev–Trinajstić information content (AvgIpc) is 1.55. The molecule has 11 heterocycles. The number of hydrogen-bond donors (Lipinski definition) is 7. The van der Waals surface area contributed by atoms with Gasteiger partial charge in [0.1, 0.15) is 49.5 Å². The number of aliphatic hydroxyl groups excluding tert-OH is 1. The molecule has 11 aliphatic rings. The zero-order valence-corrected chi connectivity index (χ0v) is 73.1. The maximum atomic E-state index is 14.6. The summed E-state index contributed by atoms with van der Waals surface area (Å²) in [6.45, 7) is 16.9. The average molecular weight is 1780 g/mol. The van der Waals surface area contributed by atoms with Crippen LogP contribution >= 0.6 is 0 Å². The van der Waals surface area contributed by atoms with Crippen molar-refractivity contribution in [2.24, 2.45) is 35.1 Å². The number of aliphatic hydroxyl groups is 1. The van der Waals surface area contributed by atoms with Crippen molar-refractivity contribution in [2.45, 2.75) is 317 Å². The van der Waals surface area contributed by atoms with Crippen LogP contribution in [0.5, 0.6) is 0 Å².